The largest absolute Gasteiger partial charge is 0.417 e. The van der Waals surface area contributed by atoms with Gasteiger partial charge in [0.1, 0.15) is 11.4 Å². The van der Waals surface area contributed by atoms with Gasteiger partial charge < -0.3 is 10.1 Å². The highest BCUT2D eigenvalue weighted by atomic mass is 19.4. The first-order chi connectivity index (χ1) is 8.93. The Hall–Kier alpha value is -1.79. The van der Waals surface area contributed by atoms with Crippen molar-refractivity contribution in [2.75, 3.05) is 18.0 Å². The third-order valence-electron chi connectivity index (χ3n) is 3.13. The zero-order valence-corrected chi connectivity index (χ0v) is 10.4. The molecule has 1 fully saturated rings. The highest BCUT2D eigenvalue weighted by molar-refractivity contribution is 6.01. The number of alkyl halides is 3. The van der Waals surface area contributed by atoms with Crippen LogP contribution in [0.25, 0.3) is 0 Å². The zero-order valence-electron chi connectivity index (χ0n) is 10.4. The van der Waals surface area contributed by atoms with Crippen LogP contribution in [0.2, 0.25) is 0 Å². The molecule has 7 heteroatoms. The third kappa shape index (κ3) is 2.80. The predicted molar refractivity (Wildman–Crippen MR) is 64.7 cm³/mol. The molecule has 0 saturated carbocycles. The highest BCUT2D eigenvalue weighted by Crippen LogP contribution is 2.33. The third-order valence-corrected chi connectivity index (χ3v) is 3.13. The molecule has 2 rings (SSSR count). The van der Waals surface area contributed by atoms with Crippen LogP contribution < -0.4 is 4.90 Å². The summed E-state index contributed by atoms with van der Waals surface area (Å²) in [5.74, 6) is 0. The van der Waals surface area contributed by atoms with Crippen LogP contribution in [0.5, 0.6) is 0 Å². The smallest absolute Gasteiger partial charge is 0.411 e. The SMILES string of the molecule is CC(=NO)c1ncc(C(F)(F)F)cc1N1CCCC1. The fourth-order valence-corrected chi connectivity index (χ4v) is 2.13. The number of hydrogen-bond donors (Lipinski definition) is 1. The lowest BCUT2D eigenvalue weighted by Gasteiger charge is -2.21. The summed E-state index contributed by atoms with van der Waals surface area (Å²) >= 11 is 0. The molecule has 0 atom stereocenters. The van der Waals surface area contributed by atoms with Crippen LogP contribution in [0.1, 0.15) is 31.0 Å². The molecule has 1 N–H and O–H groups in total. The normalized spacial score (nSPS) is 17.1. The van der Waals surface area contributed by atoms with E-state index in [-0.39, 0.29) is 11.4 Å². The maximum atomic E-state index is 12.7. The summed E-state index contributed by atoms with van der Waals surface area (Å²) in [6.07, 6.45) is -1.79. The van der Waals surface area contributed by atoms with E-state index in [9.17, 15) is 13.2 Å². The number of hydrogen-bond acceptors (Lipinski definition) is 4. The van der Waals surface area contributed by atoms with E-state index >= 15 is 0 Å². The Bertz CT molecular complexity index is 493. The number of halogens is 3. The quantitative estimate of drug-likeness (QED) is 0.512. The fourth-order valence-electron chi connectivity index (χ4n) is 2.13. The van der Waals surface area contributed by atoms with Gasteiger partial charge in [0.15, 0.2) is 0 Å². The van der Waals surface area contributed by atoms with Crippen molar-refractivity contribution in [2.45, 2.75) is 25.9 Å². The van der Waals surface area contributed by atoms with E-state index in [1.54, 1.807) is 0 Å². The molecule has 1 aliphatic heterocycles. The molecular formula is C12H14F3N3O. The first kappa shape index (κ1) is 13.6. The van der Waals surface area contributed by atoms with Crippen molar-refractivity contribution in [3.05, 3.63) is 23.5 Å². The monoisotopic (exact) mass is 273 g/mol. The molecular weight excluding hydrogens is 259 g/mol. The molecule has 0 amide bonds. The molecule has 1 aliphatic rings. The molecule has 1 saturated heterocycles. The van der Waals surface area contributed by atoms with Crippen molar-refractivity contribution < 1.29 is 18.4 Å². The van der Waals surface area contributed by atoms with Crippen LogP contribution in [-0.4, -0.2) is 29.0 Å². The molecule has 2 heterocycles. The highest BCUT2D eigenvalue weighted by Gasteiger charge is 2.33. The van der Waals surface area contributed by atoms with E-state index in [4.69, 9.17) is 5.21 Å². The van der Waals surface area contributed by atoms with Crippen molar-refractivity contribution in [1.29, 1.82) is 0 Å². The van der Waals surface area contributed by atoms with E-state index in [0.717, 1.165) is 25.1 Å². The van der Waals surface area contributed by atoms with E-state index in [2.05, 4.69) is 10.1 Å². The fraction of sp³-hybridized carbons (Fsp3) is 0.500. The Labute approximate surface area is 108 Å². The van der Waals surface area contributed by atoms with Gasteiger partial charge in [-0.2, -0.15) is 13.2 Å². The van der Waals surface area contributed by atoms with Crippen LogP contribution >= 0.6 is 0 Å². The van der Waals surface area contributed by atoms with Crippen LogP contribution in [0.15, 0.2) is 17.4 Å². The molecule has 1 aromatic rings. The Balaban J connectivity index is 2.50. The van der Waals surface area contributed by atoms with Gasteiger partial charge in [0, 0.05) is 19.3 Å². The molecule has 1 aromatic heterocycles. The number of nitrogens with zero attached hydrogens (tertiary/aromatic N) is 3. The van der Waals surface area contributed by atoms with Gasteiger partial charge in [0.05, 0.1) is 11.3 Å². The minimum Gasteiger partial charge on any atom is -0.411 e. The molecule has 0 aromatic carbocycles. The van der Waals surface area contributed by atoms with Crippen LogP contribution in [0.3, 0.4) is 0 Å². The van der Waals surface area contributed by atoms with Gasteiger partial charge in [-0.1, -0.05) is 5.16 Å². The summed E-state index contributed by atoms with van der Waals surface area (Å²) in [4.78, 5) is 5.65. The standard InChI is InChI=1S/C12H14F3N3O/c1-8(17-19)11-10(18-4-2-3-5-18)6-9(7-16-11)12(13,14)15/h6-7,19H,2-5H2,1H3. The molecule has 0 spiro atoms. The van der Waals surface area contributed by atoms with Gasteiger partial charge in [-0.05, 0) is 25.8 Å². The Morgan fingerprint density at radius 1 is 1.37 bits per heavy atom. The molecule has 104 valence electrons. The number of pyridine rings is 1. The summed E-state index contributed by atoms with van der Waals surface area (Å²) in [6, 6.07) is 1.07. The Morgan fingerprint density at radius 2 is 2.00 bits per heavy atom. The lowest BCUT2D eigenvalue weighted by atomic mass is 10.1. The van der Waals surface area contributed by atoms with Gasteiger partial charge in [-0.15, -0.1) is 0 Å². The van der Waals surface area contributed by atoms with Crippen molar-refractivity contribution in [1.82, 2.24) is 4.98 Å². The lowest BCUT2D eigenvalue weighted by Crippen LogP contribution is -2.22. The van der Waals surface area contributed by atoms with Crippen molar-refractivity contribution >= 4 is 11.4 Å². The second-order valence-corrected chi connectivity index (χ2v) is 4.47. The molecule has 0 bridgehead atoms. The van der Waals surface area contributed by atoms with Gasteiger partial charge in [-0.25, -0.2) is 0 Å². The van der Waals surface area contributed by atoms with Crippen molar-refractivity contribution in [2.24, 2.45) is 5.16 Å². The molecule has 19 heavy (non-hydrogen) atoms. The van der Waals surface area contributed by atoms with Gasteiger partial charge in [0.2, 0.25) is 0 Å². The first-order valence-electron chi connectivity index (χ1n) is 5.94. The summed E-state index contributed by atoms with van der Waals surface area (Å²) in [7, 11) is 0. The minimum absolute atomic E-state index is 0.204. The van der Waals surface area contributed by atoms with Crippen molar-refractivity contribution in [3.63, 3.8) is 0 Å². The molecule has 0 aliphatic carbocycles. The predicted octanol–water partition coefficient (Wildman–Crippen LogP) is 2.90. The Kier molecular flexibility index (Phi) is 3.64. The van der Waals surface area contributed by atoms with Crippen molar-refractivity contribution in [3.8, 4) is 0 Å². The van der Waals surface area contributed by atoms with Crippen LogP contribution in [-0.2, 0) is 6.18 Å². The summed E-state index contributed by atoms with van der Waals surface area (Å²) < 4.78 is 38.2. The van der Waals surface area contributed by atoms with E-state index in [1.807, 2.05) is 4.90 Å². The molecule has 4 nitrogen and oxygen atoms in total. The van der Waals surface area contributed by atoms with Gasteiger partial charge in [-0.3, -0.25) is 4.98 Å². The number of oxime groups is 1. The summed E-state index contributed by atoms with van der Waals surface area (Å²) in [5.41, 5.74) is 0.0829. The summed E-state index contributed by atoms with van der Waals surface area (Å²) in [5, 5.41) is 11.8. The van der Waals surface area contributed by atoms with Crippen LogP contribution in [0.4, 0.5) is 18.9 Å². The minimum atomic E-state index is -4.43. The van der Waals surface area contributed by atoms with Crippen LogP contribution in [0, 0.1) is 0 Å². The summed E-state index contributed by atoms with van der Waals surface area (Å²) in [6.45, 7) is 2.89. The average molecular weight is 273 g/mol. The Morgan fingerprint density at radius 3 is 2.53 bits per heavy atom. The van der Waals surface area contributed by atoms with Gasteiger partial charge >= 0.3 is 6.18 Å². The number of anilines is 1. The second kappa shape index (κ2) is 5.07. The zero-order chi connectivity index (χ0) is 14.0. The van der Waals surface area contributed by atoms with E-state index in [0.29, 0.717) is 18.8 Å². The topological polar surface area (TPSA) is 48.7 Å². The second-order valence-electron chi connectivity index (χ2n) is 4.47. The maximum Gasteiger partial charge on any atom is 0.417 e. The first-order valence-corrected chi connectivity index (χ1v) is 5.94. The van der Waals surface area contributed by atoms with E-state index in [1.165, 1.54) is 6.92 Å². The molecule has 0 radical (unpaired) electrons. The average Bonchev–Trinajstić information content (AvgIpc) is 2.89. The molecule has 0 unspecified atom stereocenters. The van der Waals surface area contributed by atoms with Gasteiger partial charge in [0.25, 0.3) is 0 Å². The van der Waals surface area contributed by atoms with E-state index < -0.39 is 11.7 Å². The number of aromatic nitrogens is 1. The lowest BCUT2D eigenvalue weighted by molar-refractivity contribution is -0.137. The maximum absolute atomic E-state index is 12.7. The number of rotatable bonds is 2.